The molecule has 1 N–H and O–H groups in total. The van der Waals surface area contributed by atoms with E-state index in [1.165, 1.54) is 0 Å². The third kappa shape index (κ3) is 6.77. The van der Waals surface area contributed by atoms with Crippen molar-refractivity contribution >= 4 is 34.7 Å². The van der Waals surface area contributed by atoms with Crippen LogP contribution in [0.3, 0.4) is 0 Å². The molecule has 0 aromatic heterocycles. The van der Waals surface area contributed by atoms with Crippen LogP contribution in [0.4, 0.5) is 0 Å². The summed E-state index contributed by atoms with van der Waals surface area (Å²) in [5, 5.41) is 0. The summed E-state index contributed by atoms with van der Waals surface area (Å²) < 4.78 is 11.4. The van der Waals surface area contributed by atoms with Gasteiger partial charge in [-0.05, 0) is 26.2 Å². The molecule has 3 radical (unpaired) electrons. The highest BCUT2D eigenvalue weighted by Gasteiger charge is 2.32. The molecule has 13 heavy (non-hydrogen) atoms. The lowest BCUT2D eigenvalue weighted by atomic mass is 11.9. The summed E-state index contributed by atoms with van der Waals surface area (Å²) in [5.41, 5.74) is 0. The largest absolute Gasteiger partial charge is 0.437 e. The van der Waals surface area contributed by atoms with Gasteiger partial charge in [0.05, 0.1) is 0 Å². The molecule has 0 heterocycles. The van der Waals surface area contributed by atoms with E-state index >= 15 is 0 Å². The Kier molecular flexibility index (Phi) is 5.91. The van der Waals surface area contributed by atoms with Gasteiger partial charge in [-0.3, -0.25) is 0 Å². The molecule has 0 aromatic rings. The summed E-state index contributed by atoms with van der Waals surface area (Å²) in [5.74, 6) is 0. The van der Waals surface area contributed by atoms with Gasteiger partial charge in [0.25, 0.3) is 0 Å². The van der Waals surface area contributed by atoms with Crippen molar-refractivity contribution in [3.8, 4) is 0 Å². The maximum absolute atomic E-state index is 9.67. The number of hydrogen-bond acceptors (Lipinski definition) is 3. The standard InChI is InChI=1S/C6H19O3Si4/c1-10(2)8-13(5,6)9-12(7)11(3)4/h7H,1-6H3. The van der Waals surface area contributed by atoms with Crippen molar-refractivity contribution in [2.75, 3.05) is 0 Å². The molecule has 0 aliphatic carbocycles. The first-order valence-corrected chi connectivity index (χ1v) is 14.4. The van der Waals surface area contributed by atoms with Crippen LogP contribution in [0.5, 0.6) is 0 Å². The second-order valence-corrected chi connectivity index (χ2v) is 17.0. The zero-order chi connectivity index (χ0) is 10.6. The van der Waals surface area contributed by atoms with Gasteiger partial charge >= 0.3 is 17.4 Å². The molecule has 0 rings (SSSR count). The van der Waals surface area contributed by atoms with Crippen molar-refractivity contribution in [1.29, 1.82) is 0 Å². The molecule has 77 valence electrons. The van der Waals surface area contributed by atoms with Crippen LogP contribution < -0.4 is 0 Å². The van der Waals surface area contributed by atoms with Gasteiger partial charge in [-0.1, -0.05) is 13.1 Å². The van der Waals surface area contributed by atoms with Gasteiger partial charge < -0.3 is 13.0 Å². The van der Waals surface area contributed by atoms with Crippen molar-refractivity contribution in [2.24, 2.45) is 0 Å². The minimum atomic E-state index is -2.03. The Labute approximate surface area is 87.3 Å². The lowest BCUT2D eigenvalue weighted by Crippen LogP contribution is -2.48. The monoisotopic (exact) mass is 251 g/mol. The Morgan fingerprint density at radius 1 is 1.00 bits per heavy atom. The Bertz CT molecular complexity index is 151. The van der Waals surface area contributed by atoms with Gasteiger partial charge in [-0.15, -0.1) is 0 Å². The molecule has 7 heteroatoms. The van der Waals surface area contributed by atoms with Crippen LogP contribution in [-0.4, -0.2) is 39.5 Å². The highest BCUT2D eigenvalue weighted by atomic mass is 29.2. The molecule has 0 unspecified atom stereocenters. The van der Waals surface area contributed by atoms with Crippen LogP contribution in [-0.2, 0) is 8.23 Å². The Balaban J connectivity index is 4.00. The normalized spacial score (nSPS) is 13.4. The molecular weight excluding hydrogens is 232 g/mol. The third-order valence-corrected chi connectivity index (χ3v) is 11.9. The number of rotatable bonds is 5. The summed E-state index contributed by atoms with van der Waals surface area (Å²) in [6.07, 6.45) is 0. The van der Waals surface area contributed by atoms with Gasteiger partial charge in [0.1, 0.15) is 8.31 Å². The third-order valence-electron chi connectivity index (χ3n) is 1.22. The summed E-state index contributed by atoms with van der Waals surface area (Å²) in [4.78, 5) is 9.67. The van der Waals surface area contributed by atoms with Gasteiger partial charge in [-0.2, -0.15) is 0 Å². The van der Waals surface area contributed by atoms with E-state index in [9.17, 15) is 4.80 Å². The highest BCUT2D eigenvalue weighted by Crippen LogP contribution is 2.10. The fraction of sp³-hybridized carbons (Fsp3) is 1.00. The van der Waals surface area contributed by atoms with Crippen LogP contribution >= 0.6 is 0 Å². The van der Waals surface area contributed by atoms with E-state index in [4.69, 9.17) is 8.23 Å². The fourth-order valence-corrected chi connectivity index (χ4v) is 12.0. The first-order chi connectivity index (χ1) is 5.74. The van der Waals surface area contributed by atoms with E-state index in [1.54, 1.807) is 0 Å². The molecule has 0 saturated heterocycles. The van der Waals surface area contributed by atoms with Crippen LogP contribution in [0.15, 0.2) is 0 Å². The van der Waals surface area contributed by atoms with Crippen molar-refractivity contribution in [1.82, 2.24) is 0 Å². The maximum atomic E-state index is 9.67. The van der Waals surface area contributed by atoms with Crippen LogP contribution in [0, 0.1) is 0 Å². The first kappa shape index (κ1) is 13.7. The predicted octanol–water partition coefficient (Wildman–Crippen LogP) is 1.29. The molecule has 0 aliphatic heterocycles. The maximum Gasteiger partial charge on any atom is 0.343 e. The molecule has 0 fully saturated rings. The molecule has 0 spiro atoms. The van der Waals surface area contributed by atoms with Gasteiger partial charge in [0.2, 0.25) is 0 Å². The zero-order valence-electron chi connectivity index (χ0n) is 9.26. The van der Waals surface area contributed by atoms with E-state index in [0.717, 1.165) is 0 Å². The zero-order valence-corrected chi connectivity index (χ0v) is 13.3. The van der Waals surface area contributed by atoms with Gasteiger partial charge in [-0.25, -0.2) is 0 Å². The smallest absolute Gasteiger partial charge is 0.343 e. The van der Waals surface area contributed by atoms with Crippen molar-refractivity contribution in [2.45, 2.75) is 39.3 Å². The minimum Gasteiger partial charge on any atom is -0.437 e. The fourth-order valence-electron chi connectivity index (χ4n) is 0.847. The average molecular weight is 252 g/mol. The van der Waals surface area contributed by atoms with E-state index in [2.05, 4.69) is 26.2 Å². The van der Waals surface area contributed by atoms with Gasteiger partial charge in [0, 0.05) is 0 Å². The van der Waals surface area contributed by atoms with E-state index in [1.807, 2.05) is 13.1 Å². The summed E-state index contributed by atoms with van der Waals surface area (Å²) in [6, 6.07) is 0. The molecule has 0 atom stereocenters. The molecule has 0 saturated carbocycles. The van der Waals surface area contributed by atoms with Gasteiger partial charge in [0.15, 0.2) is 9.04 Å². The lowest BCUT2D eigenvalue weighted by molar-refractivity contribution is 0.363. The SMILES string of the molecule is C[Si](C)O[Si](C)(C)O[Si](O)[Si](C)C. The van der Waals surface area contributed by atoms with Crippen LogP contribution in [0.1, 0.15) is 0 Å². The van der Waals surface area contributed by atoms with E-state index in [0.29, 0.717) is 0 Å². The second kappa shape index (κ2) is 5.59. The van der Waals surface area contributed by atoms with E-state index < -0.39 is 34.7 Å². The Morgan fingerprint density at radius 3 is 1.77 bits per heavy atom. The molecular formula is C6H19O3Si4. The number of hydrogen-bond donors (Lipinski definition) is 1. The Morgan fingerprint density at radius 2 is 1.46 bits per heavy atom. The molecule has 0 amide bonds. The summed E-state index contributed by atoms with van der Waals surface area (Å²) >= 11 is 0. The Hall–Kier alpha value is 0.748. The van der Waals surface area contributed by atoms with Crippen molar-refractivity contribution in [3.05, 3.63) is 0 Å². The first-order valence-electron chi connectivity index (χ1n) is 4.29. The van der Waals surface area contributed by atoms with Crippen molar-refractivity contribution in [3.63, 3.8) is 0 Å². The molecule has 0 bridgehead atoms. The lowest BCUT2D eigenvalue weighted by Gasteiger charge is -2.28. The topological polar surface area (TPSA) is 38.7 Å². The average Bonchev–Trinajstić information content (AvgIpc) is 1.81. The van der Waals surface area contributed by atoms with Crippen molar-refractivity contribution < 1.29 is 13.0 Å². The summed E-state index contributed by atoms with van der Waals surface area (Å²) in [7, 11) is -4.97. The second-order valence-electron chi connectivity index (χ2n) is 3.82. The molecule has 0 aromatic carbocycles. The van der Waals surface area contributed by atoms with E-state index in [-0.39, 0.29) is 0 Å². The van der Waals surface area contributed by atoms with Crippen LogP contribution in [0.2, 0.25) is 39.3 Å². The van der Waals surface area contributed by atoms with Crippen LogP contribution in [0.25, 0.3) is 0 Å². The quantitative estimate of drug-likeness (QED) is 0.748. The summed E-state index contributed by atoms with van der Waals surface area (Å²) in [6.45, 7) is 12.4. The minimum absolute atomic E-state index is 0.679. The molecule has 3 nitrogen and oxygen atoms in total. The highest BCUT2D eigenvalue weighted by molar-refractivity contribution is 7.16. The predicted molar refractivity (Wildman–Crippen MR) is 62.6 cm³/mol. The molecule has 0 aliphatic rings.